The predicted octanol–water partition coefficient (Wildman–Crippen LogP) is 8.66. The standard InChI is InChI=1S/C36H24N4O2.Pt/c1-38-33-16-7-8-17-34(33)40(42-38)27-12-9-13-28(23-27)41-29-18-19-31-30-14-5-6-15-32(30)39(35(31)24-29)36-22-26(20-21-37-36)25-10-3-2-4-11-25;/h2-22H,1H3;/q-2;/p+1/i1D3;. The maximum absolute atomic E-state index is 7.94. The van der Waals surface area contributed by atoms with E-state index >= 15 is 0 Å². The first-order valence-corrected chi connectivity index (χ1v) is 13.5. The van der Waals surface area contributed by atoms with Crippen LogP contribution in [0.4, 0.5) is 17.1 Å². The summed E-state index contributed by atoms with van der Waals surface area (Å²) in [7, 11) is 0. The summed E-state index contributed by atoms with van der Waals surface area (Å²) < 4.78 is 32.2. The summed E-state index contributed by atoms with van der Waals surface area (Å²) in [6, 6.07) is 45.8. The molecule has 1 aliphatic rings. The van der Waals surface area contributed by atoms with E-state index in [-0.39, 0.29) is 21.1 Å². The molecule has 1 N–H and O–H groups in total. The Morgan fingerprint density at radius 3 is 2.40 bits per heavy atom. The van der Waals surface area contributed by atoms with Gasteiger partial charge in [0.1, 0.15) is 17.2 Å². The molecule has 0 fully saturated rings. The fourth-order valence-electron chi connectivity index (χ4n) is 5.45. The van der Waals surface area contributed by atoms with Crippen molar-refractivity contribution in [1.29, 1.82) is 0 Å². The predicted molar refractivity (Wildman–Crippen MR) is 167 cm³/mol. The third kappa shape index (κ3) is 4.75. The Balaban J connectivity index is 0.00000338. The number of para-hydroxylation sites is 3. The van der Waals surface area contributed by atoms with Gasteiger partial charge in [-0.1, -0.05) is 66.2 Å². The topological polar surface area (TPSA) is 46.3 Å². The summed E-state index contributed by atoms with van der Waals surface area (Å²) >= 11 is 0. The Morgan fingerprint density at radius 1 is 0.721 bits per heavy atom. The van der Waals surface area contributed by atoms with Crippen LogP contribution in [0.3, 0.4) is 0 Å². The minimum atomic E-state index is -2.43. The van der Waals surface area contributed by atoms with Crippen molar-refractivity contribution >= 4 is 38.9 Å². The van der Waals surface area contributed by atoms with E-state index in [1.54, 1.807) is 23.3 Å². The second-order valence-electron chi connectivity index (χ2n) is 9.91. The third-order valence-electron chi connectivity index (χ3n) is 7.36. The van der Waals surface area contributed by atoms with Gasteiger partial charge in [0.05, 0.1) is 11.1 Å². The molecule has 0 unspecified atom stereocenters. The van der Waals surface area contributed by atoms with Crippen LogP contribution in [0.25, 0.3) is 38.8 Å². The van der Waals surface area contributed by atoms with Crippen LogP contribution in [0.1, 0.15) is 4.11 Å². The van der Waals surface area contributed by atoms with E-state index in [1.165, 1.54) is 0 Å². The Morgan fingerprint density at radius 2 is 1.51 bits per heavy atom. The molecular weight excluding hydrogens is 716 g/mol. The first-order chi connectivity index (χ1) is 21.9. The molecule has 0 bridgehead atoms. The average Bonchev–Trinajstić information content (AvgIpc) is 3.62. The van der Waals surface area contributed by atoms with Gasteiger partial charge in [0, 0.05) is 50.0 Å². The largest absolute Gasteiger partial charge is 0.509 e. The van der Waals surface area contributed by atoms with Crippen molar-refractivity contribution in [2.24, 2.45) is 0 Å². The van der Waals surface area contributed by atoms with Gasteiger partial charge in [-0.15, -0.1) is 45.8 Å². The van der Waals surface area contributed by atoms with Crippen molar-refractivity contribution < 1.29 is 34.9 Å². The van der Waals surface area contributed by atoms with E-state index in [0.29, 0.717) is 28.6 Å². The van der Waals surface area contributed by atoms with E-state index in [2.05, 4.69) is 52.0 Å². The van der Waals surface area contributed by atoms with Crippen LogP contribution in [-0.2, 0) is 21.1 Å². The molecule has 0 aliphatic carbocycles. The number of ether oxygens (including phenoxy) is 1. The van der Waals surface area contributed by atoms with Crippen molar-refractivity contribution in [2.75, 3.05) is 17.1 Å². The molecule has 3 heterocycles. The zero-order valence-electron chi connectivity index (χ0n) is 25.6. The average molecular weight is 744 g/mol. The Kier molecular flexibility index (Phi) is 6.08. The van der Waals surface area contributed by atoms with Gasteiger partial charge < -0.3 is 9.30 Å². The Hall–Kier alpha value is -4.90. The first kappa shape index (κ1) is 23.6. The number of fused-ring (bicyclic) bond motifs is 4. The molecule has 1 aliphatic heterocycles. The number of pyridine rings is 1. The number of hydrogen-bond donors (Lipinski definition) is 0. The molecule has 0 saturated carbocycles. The molecule has 2 aromatic heterocycles. The van der Waals surface area contributed by atoms with Crippen LogP contribution < -0.4 is 14.9 Å². The zero-order chi connectivity index (χ0) is 30.5. The Bertz CT molecular complexity index is 2200. The van der Waals surface area contributed by atoms with Gasteiger partial charge in [0.15, 0.2) is 0 Å². The second-order valence-corrected chi connectivity index (χ2v) is 9.91. The number of hydroxylamine groups is 1. The molecule has 7 aromatic rings. The summed E-state index contributed by atoms with van der Waals surface area (Å²) in [5.74, 6) is 1.72. The minimum absolute atomic E-state index is 0. The minimum Gasteiger partial charge on any atom is -0.509 e. The van der Waals surface area contributed by atoms with Crippen LogP contribution in [0, 0.1) is 12.1 Å². The summed E-state index contributed by atoms with van der Waals surface area (Å²) in [5.41, 5.74) is 5.71. The van der Waals surface area contributed by atoms with Crippen molar-refractivity contribution in [3.63, 3.8) is 0 Å². The van der Waals surface area contributed by atoms with Crippen molar-refractivity contribution in [3.05, 3.63) is 140 Å². The molecule has 0 atom stereocenters. The van der Waals surface area contributed by atoms with Crippen LogP contribution in [0.2, 0.25) is 0 Å². The summed E-state index contributed by atoms with van der Waals surface area (Å²) in [5, 5.41) is 4.72. The fourth-order valence-corrected chi connectivity index (χ4v) is 5.45. The van der Waals surface area contributed by atoms with E-state index in [1.807, 2.05) is 79.0 Å². The molecule has 8 rings (SSSR count). The quantitative estimate of drug-likeness (QED) is 0.131. The van der Waals surface area contributed by atoms with Crippen LogP contribution in [-0.4, -0.2) is 21.5 Å². The molecule has 0 spiro atoms. The number of nitrogens with zero attached hydrogens (tertiary/aromatic N) is 4. The number of aromatic nitrogens is 2. The van der Waals surface area contributed by atoms with Gasteiger partial charge in [-0.05, 0) is 46.8 Å². The second kappa shape index (κ2) is 11.1. The zero-order valence-corrected chi connectivity index (χ0v) is 24.9. The fraction of sp³-hybridized carbons (Fsp3) is 0.0278. The molecule has 6 nitrogen and oxygen atoms in total. The van der Waals surface area contributed by atoms with Gasteiger partial charge in [-0.2, -0.15) is 17.1 Å². The molecule has 5 aromatic carbocycles. The normalized spacial score (nSPS) is 13.7. The monoisotopic (exact) mass is 743 g/mol. The summed E-state index contributed by atoms with van der Waals surface area (Å²) in [6.07, 6.45) is 1.83. The van der Waals surface area contributed by atoms with Gasteiger partial charge in [0.2, 0.25) is 0 Å². The van der Waals surface area contributed by atoms with Gasteiger partial charge in [-0.25, -0.2) is 4.98 Å². The van der Waals surface area contributed by atoms with Crippen LogP contribution in [0.5, 0.6) is 11.5 Å². The molecular formula is C36H25N4O2Pt-. The van der Waals surface area contributed by atoms with Crippen LogP contribution in [0.15, 0.2) is 128 Å². The molecule has 43 heavy (non-hydrogen) atoms. The van der Waals surface area contributed by atoms with E-state index < -0.39 is 6.98 Å². The summed E-state index contributed by atoms with van der Waals surface area (Å²) in [6.45, 7) is -2.43. The van der Waals surface area contributed by atoms with Gasteiger partial charge >= 0.3 is 0 Å². The first-order valence-electron chi connectivity index (χ1n) is 15.0. The van der Waals surface area contributed by atoms with Gasteiger partial charge in [-0.3, -0.25) is 0 Å². The maximum atomic E-state index is 7.94. The number of anilines is 3. The van der Waals surface area contributed by atoms with Crippen molar-refractivity contribution in [2.45, 2.75) is 0 Å². The Labute approximate surface area is 267 Å². The van der Waals surface area contributed by atoms with Crippen molar-refractivity contribution in [3.8, 4) is 28.4 Å². The van der Waals surface area contributed by atoms with E-state index in [0.717, 1.165) is 43.8 Å². The smallest absolute Gasteiger partial charge is 0.145 e. The number of benzene rings is 5. The summed E-state index contributed by atoms with van der Waals surface area (Å²) in [4.78, 5) is 9.14. The molecule has 0 amide bonds. The van der Waals surface area contributed by atoms with E-state index in [4.69, 9.17) is 13.8 Å². The molecule has 7 heteroatoms. The van der Waals surface area contributed by atoms with Crippen LogP contribution >= 0.6 is 0 Å². The molecule has 212 valence electrons. The number of rotatable bonds is 5. The van der Waals surface area contributed by atoms with E-state index in [9.17, 15) is 0 Å². The SMILES string of the molecule is [2H]C([2H])([2H])N1[OH+]N(c2[c-]c(Oc3[c-]c4c(cc3)c3ccccc3n4-c3cc(-c4ccccc4)ccn3)ccc2)c2ccccc21.[Pt]. The maximum Gasteiger partial charge on any atom is 0.145 e. The van der Waals surface area contributed by atoms with Gasteiger partial charge in [0.25, 0.3) is 0 Å². The van der Waals surface area contributed by atoms with Crippen molar-refractivity contribution in [1.82, 2.24) is 9.55 Å². The number of hydrogen-bond acceptors (Lipinski definition) is 4. The molecule has 0 radical (unpaired) electrons. The third-order valence-corrected chi connectivity index (χ3v) is 7.36. The molecule has 0 saturated heterocycles.